The van der Waals surface area contributed by atoms with Crippen molar-refractivity contribution in [1.82, 2.24) is 19.3 Å². The Kier molecular flexibility index (Phi) is 3.61. The van der Waals surface area contributed by atoms with Gasteiger partial charge in [-0.25, -0.2) is 13.4 Å². The summed E-state index contributed by atoms with van der Waals surface area (Å²) in [5, 5.41) is 4.52. The lowest BCUT2D eigenvalue weighted by Gasteiger charge is -2.33. The number of aryl methyl sites for hydroxylation is 1. The van der Waals surface area contributed by atoms with Gasteiger partial charge in [0.25, 0.3) is 11.6 Å². The molecule has 0 aromatic carbocycles. The van der Waals surface area contributed by atoms with Gasteiger partial charge in [0.15, 0.2) is 0 Å². The fraction of sp³-hybridized carbons (Fsp3) is 0.462. The van der Waals surface area contributed by atoms with E-state index in [4.69, 9.17) is 4.52 Å². The number of aromatic nitrogens is 2. The van der Waals surface area contributed by atoms with Gasteiger partial charge in [0.1, 0.15) is 0 Å². The van der Waals surface area contributed by atoms with Crippen molar-refractivity contribution in [2.75, 3.05) is 32.4 Å². The molecule has 0 atom stereocenters. The van der Waals surface area contributed by atoms with E-state index in [-0.39, 0.29) is 5.91 Å². The standard InChI is InChI=1S/C13H16N4O4S/c1-9-11-7-10(8-14-12(11)21-15-9)13(18)16-3-5-17(6-4-16)22(2,19)20/h7-8H,3-6H2,1-2H3. The highest BCUT2D eigenvalue weighted by Crippen LogP contribution is 2.18. The maximum Gasteiger partial charge on any atom is 0.257 e. The van der Waals surface area contributed by atoms with Crippen LogP contribution < -0.4 is 0 Å². The summed E-state index contributed by atoms with van der Waals surface area (Å²) >= 11 is 0. The minimum atomic E-state index is -3.20. The molecule has 0 N–H and O–H groups in total. The van der Waals surface area contributed by atoms with E-state index in [2.05, 4.69) is 10.1 Å². The van der Waals surface area contributed by atoms with Crippen molar-refractivity contribution in [2.45, 2.75) is 6.92 Å². The predicted octanol–water partition coefficient (Wildman–Crippen LogP) is 0.249. The number of amides is 1. The first-order valence-corrected chi connectivity index (χ1v) is 8.67. The van der Waals surface area contributed by atoms with Gasteiger partial charge < -0.3 is 9.42 Å². The van der Waals surface area contributed by atoms with Crippen molar-refractivity contribution in [3.8, 4) is 0 Å². The maximum atomic E-state index is 12.5. The Labute approximate surface area is 127 Å². The number of nitrogens with zero attached hydrogens (tertiary/aromatic N) is 4. The van der Waals surface area contributed by atoms with Crippen LogP contribution in [0.4, 0.5) is 0 Å². The van der Waals surface area contributed by atoms with E-state index in [0.717, 1.165) is 0 Å². The van der Waals surface area contributed by atoms with Crippen LogP contribution in [-0.4, -0.2) is 66.1 Å². The van der Waals surface area contributed by atoms with Crippen LogP contribution in [-0.2, 0) is 10.0 Å². The second-order valence-corrected chi connectivity index (χ2v) is 7.28. The largest absolute Gasteiger partial charge is 0.336 e. The molecule has 1 amide bonds. The summed E-state index contributed by atoms with van der Waals surface area (Å²) in [4.78, 5) is 18.2. The highest BCUT2D eigenvalue weighted by Gasteiger charge is 2.27. The number of fused-ring (bicyclic) bond motifs is 1. The molecule has 2 aromatic heterocycles. The number of pyridine rings is 1. The van der Waals surface area contributed by atoms with E-state index >= 15 is 0 Å². The second-order valence-electron chi connectivity index (χ2n) is 5.30. The zero-order valence-electron chi connectivity index (χ0n) is 12.3. The molecule has 1 saturated heterocycles. The van der Waals surface area contributed by atoms with Crippen molar-refractivity contribution in [3.63, 3.8) is 0 Å². The first-order valence-electron chi connectivity index (χ1n) is 6.82. The molecule has 22 heavy (non-hydrogen) atoms. The van der Waals surface area contributed by atoms with E-state index in [0.29, 0.717) is 48.5 Å². The molecule has 0 spiro atoms. The van der Waals surface area contributed by atoms with Crippen LogP contribution in [0.15, 0.2) is 16.8 Å². The first kappa shape index (κ1) is 14.9. The Hall–Kier alpha value is -2.00. The lowest BCUT2D eigenvalue weighted by atomic mass is 10.2. The van der Waals surface area contributed by atoms with Gasteiger partial charge in [-0.15, -0.1) is 0 Å². The molecule has 3 rings (SSSR count). The molecule has 0 aliphatic carbocycles. The highest BCUT2D eigenvalue weighted by atomic mass is 32.2. The van der Waals surface area contributed by atoms with Crippen LogP contribution in [0.5, 0.6) is 0 Å². The summed E-state index contributed by atoms with van der Waals surface area (Å²) in [5.74, 6) is -0.164. The number of rotatable bonds is 2. The van der Waals surface area contributed by atoms with Crippen LogP contribution in [0.2, 0.25) is 0 Å². The van der Waals surface area contributed by atoms with Crippen molar-refractivity contribution >= 4 is 27.0 Å². The summed E-state index contributed by atoms with van der Waals surface area (Å²) in [6.45, 7) is 3.14. The SMILES string of the molecule is Cc1noc2ncc(C(=O)N3CCN(S(C)(=O)=O)CC3)cc12. The zero-order valence-corrected chi connectivity index (χ0v) is 13.1. The molecule has 0 unspecified atom stereocenters. The van der Waals surface area contributed by atoms with E-state index < -0.39 is 10.0 Å². The van der Waals surface area contributed by atoms with Gasteiger partial charge in [0, 0.05) is 32.4 Å². The molecule has 1 aliphatic rings. The van der Waals surface area contributed by atoms with Crippen molar-refractivity contribution in [3.05, 3.63) is 23.5 Å². The molecule has 0 radical (unpaired) electrons. The number of carbonyl (C=O) groups excluding carboxylic acids is 1. The number of sulfonamides is 1. The van der Waals surface area contributed by atoms with Crippen LogP contribution in [0.1, 0.15) is 16.1 Å². The van der Waals surface area contributed by atoms with Gasteiger partial charge in [0.2, 0.25) is 10.0 Å². The maximum absolute atomic E-state index is 12.5. The number of piperazine rings is 1. The van der Waals surface area contributed by atoms with Crippen molar-refractivity contribution in [2.24, 2.45) is 0 Å². The molecule has 118 valence electrons. The molecule has 9 heteroatoms. The Bertz CT molecular complexity index is 822. The fourth-order valence-corrected chi connectivity index (χ4v) is 3.29. The fourth-order valence-electron chi connectivity index (χ4n) is 2.47. The Morgan fingerprint density at radius 1 is 1.27 bits per heavy atom. The predicted molar refractivity (Wildman–Crippen MR) is 78.9 cm³/mol. The van der Waals surface area contributed by atoms with E-state index in [1.807, 2.05) is 0 Å². The third-order valence-electron chi connectivity index (χ3n) is 3.75. The summed E-state index contributed by atoms with van der Waals surface area (Å²) in [6, 6.07) is 1.71. The van der Waals surface area contributed by atoms with Gasteiger partial charge >= 0.3 is 0 Å². The number of hydrogen-bond acceptors (Lipinski definition) is 6. The zero-order chi connectivity index (χ0) is 15.9. The Morgan fingerprint density at radius 2 is 1.95 bits per heavy atom. The van der Waals surface area contributed by atoms with Gasteiger partial charge in [-0.05, 0) is 13.0 Å². The lowest BCUT2D eigenvalue weighted by Crippen LogP contribution is -2.50. The lowest BCUT2D eigenvalue weighted by molar-refractivity contribution is 0.0698. The van der Waals surface area contributed by atoms with Crippen LogP contribution in [0.25, 0.3) is 11.1 Å². The molecule has 1 fully saturated rings. The molecular formula is C13H16N4O4S. The van der Waals surface area contributed by atoms with E-state index in [1.165, 1.54) is 16.8 Å². The van der Waals surface area contributed by atoms with Gasteiger partial charge in [-0.1, -0.05) is 5.16 Å². The van der Waals surface area contributed by atoms with Crippen LogP contribution >= 0.6 is 0 Å². The number of carbonyl (C=O) groups is 1. The molecule has 3 heterocycles. The average Bonchev–Trinajstić information content (AvgIpc) is 2.87. The van der Waals surface area contributed by atoms with Gasteiger partial charge in [0.05, 0.1) is 22.9 Å². The van der Waals surface area contributed by atoms with Crippen LogP contribution in [0, 0.1) is 6.92 Å². The van der Waals surface area contributed by atoms with Gasteiger partial charge in [-0.2, -0.15) is 4.31 Å². The van der Waals surface area contributed by atoms with Gasteiger partial charge in [-0.3, -0.25) is 4.79 Å². The summed E-state index contributed by atoms with van der Waals surface area (Å²) in [5.41, 5.74) is 1.53. The molecule has 0 saturated carbocycles. The molecule has 1 aliphatic heterocycles. The summed E-state index contributed by atoms with van der Waals surface area (Å²) in [6.07, 6.45) is 2.63. The summed E-state index contributed by atoms with van der Waals surface area (Å²) < 4.78 is 29.4. The average molecular weight is 324 g/mol. The normalized spacial score (nSPS) is 17.1. The first-order chi connectivity index (χ1) is 10.4. The van der Waals surface area contributed by atoms with E-state index in [1.54, 1.807) is 17.9 Å². The molecular weight excluding hydrogens is 308 g/mol. The number of hydrogen-bond donors (Lipinski definition) is 0. The van der Waals surface area contributed by atoms with E-state index in [9.17, 15) is 13.2 Å². The van der Waals surface area contributed by atoms with Crippen LogP contribution in [0.3, 0.4) is 0 Å². The smallest absolute Gasteiger partial charge is 0.257 e. The second kappa shape index (κ2) is 5.33. The topological polar surface area (TPSA) is 96.6 Å². The van der Waals surface area contributed by atoms with Crippen molar-refractivity contribution < 1.29 is 17.7 Å². The minimum absolute atomic E-state index is 0.164. The summed E-state index contributed by atoms with van der Waals surface area (Å²) in [7, 11) is -3.20. The Balaban J connectivity index is 1.77. The Morgan fingerprint density at radius 3 is 2.59 bits per heavy atom. The molecule has 8 nitrogen and oxygen atoms in total. The monoisotopic (exact) mass is 324 g/mol. The quantitative estimate of drug-likeness (QED) is 0.785. The molecule has 0 bridgehead atoms. The molecule has 2 aromatic rings. The minimum Gasteiger partial charge on any atom is -0.336 e. The third kappa shape index (κ3) is 2.69. The third-order valence-corrected chi connectivity index (χ3v) is 5.05. The highest BCUT2D eigenvalue weighted by molar-refractivity contribution is 7.88. The van der Waals surface area contributed by atoms with Crippen molar-refractivity contribution in [1.29, 1.82) is 0 Å².